The highest BCUT2D eigenvalue weighted by Crippen LogP contribution is 2.28. The van der Waals surface area contributed by atoms with E-state index in [2.05, 4.69) is 15.6 Å². The highest BCUT2D eigenvalue weighted by atomic mass is 19.4. The van der Waals surface area contributed by atoms with E-state index in [4.69, 9.17) is 0 Å². The number of nitrogens with zero attached hydrogens (tertiary/aromatic N) is 1. The van der Waals surface area contributed by atoms with E-state index in [1.54, 1.807) is 0 Å². The molecule has 0 bridgehead atoms. The fourth-order valence-electron chi connectivity index (χ4n) is 2.22. The average Bonchev–Trinajstić information content (AvgIpc) is 2.39. The Morgan fingerprint density at radius 2 is 1.90 bits per heavy atom. The second kappa shape index (κ2) is 6.11. The lowest BCUT2D eigenvalue weighted by molar-refractivity contribution is -0.137. The Morgan fingerprint density at radius 3 is 2.45 bits per heavy atom. The van der Waals surface area contributed by atoms with Crippen molar-refractivity contribution in [3.05, 3.63) is 23.9 Å². The van der Waals surface area contributed by atoms with Gasteiger partial charge in [0.1, 0.15) is 5.82 Å². The molecule has 0 saturated heterocycles. The third kappa shape index (κ3) is 4.11. The fourth-order valence-corrected chi connectivity index (χ4v) is 2.22. The van der Waals surface area contributed by atoms with Crippen molar-refractivity contribution in [2.24, 2.45) is 0 Å². The number of alkyl halides is 3. The molecule has 0 atom stereocenters. The van der Waals surface area contributed by atoms with Crippen LogP contribution in [-0.4, -0.2) is 17.1 Å². The van der Waals surface area contributed by atoms with Gasteiger partial charge in [-0.25, -0.2) is 9.78 Å². The van der Waals surface area contributed by atoms with Gasteiger partial charge in [0.05, 0.1) is 5.56 Å². The van der Waals surface area contributed by atoms with Crippen molar-refractivity contribution in [1.29, 1.82) is 0 Å². The van der Waals surface area contributed by atoms with Crippen molar-refractivity contribution < 1.29 is 18.0 Å². The number of carbonyl (C=O) groups is 1. The quantitative estimate of drug-likeness (QED) is 0.874. The molecule has 20 heavy (non-hydrogen) atoms. The zero-order valence-corrected chi connectivity index (χ0v) is 10.8. The summed E-state index contributed by atoms with van der Waals surface area (Å²) in [5.74, 6) is 0.103. The molecule has 0 radical (unpaired) electrons. The van der Waals surface area contributed by atoms with Crippen LogP contribution in [0.4, 0.5) is 23.8 Å². The van der Waals surface area contributed by atoms with Gasteiger partial charge in [0.2, 0.25) is 0 Å². The molecule has 1 aliphatic carbocycles. The third-order valence-electron chi connectivity index (χ3n) is 3.27. The first kappa shape index (κ1) is 14.6. The summed E-state index contributed by atoms with van der Waals surface area (Å²) >= 11 is 0. The van der Waals surface area contributed by atoms with Gasteiger partial charge in [-0.1, -0.05) is 19.3 Å². The summed E-state index contributed by atoms with van der Waals surface area (Å²) in [4.78, 5) is 15.3. The molecule has 1 aromatic heterocycles. The number of hydrogen-bond donors (Lipinski definition) is 2. The van der Waals surface area contributed by atoms with Crippen molar-refractivity contribution in [3.8, 4) is 0 Å². The number of hydrogen-bond acceptors (Lipinski definition) is 2. The summed E-state index contributed by atoms with van der Waals surface area (Å²) in [5.41, 5.74) is -0.837. The largest absolute Gasteiger partial charge is 0.417 e. The molecule has 0 aromatic carbocycles. The molecule has 4 nitrogen and oxygen atoms in total. The summed E-state index contributed by atoms with van der Waals surface area (Å²) in [6.45, 7) is 0. The Hall–Kier alpha value is -1.79. The molecule has 2 rings (SSSR count). The monoisotopic (exact) mass is 287 g/mol. The molecule has 2 amide bonds. The topological polar surface area (TPSA) is 54.0 Å². The van der Waals surface area contributed by atoms with Crippen LogP contribution >= 0.6 is 0 Å². The van der Waals surface area contributed by atoms with Gasteiger partial charge in [-0.3, -0.25) is 5.32 Å². The van der Waals surface area contributed by atoms with Crippen molar-refractivity contribution >= 4 is 11.8 Å². The summed E-state index contributed by atoms with van der Waals surface area (Å²) in [6, 6.07) is 1.74. The first-order chi connectivity index (χ1) is 9.45. The maximum absolute atomic E-state index is 12.4. The Kier molecular flexibility index (Phi) is 4.46. The first-order valence-electron chi connectivity index (χ1n) is 6.56. The zero-order valence-electron chi connectivity index (χ0n) is 10.8. The van der Waals surface area contributed by atoms with Crippen LogP contribution in [0.15, 0.2) is 18.3 Å². The number of rotatable bonds is 2. The van der Waals surface area contributed by atoms with Crippen LogP contribution in [-0.2, 0) is 6.18 Å². The maximum atomic E-state index is 12.4. The lowest BCUT2D eigenvalue weighted by atomic mass is 9.96. The minimum absolute atomic E-state index is 0.103. The number of carbonyl (C=O) groups excluding carboxylic acids is 1. The van der Waals surface area contributed by atoms with Crippen molar-refractivity contribution in [2.75, 3.05) is 5.32 Å². The standard InChI is InChI=1S/C13H16F3N3O/c14-13(15,16)9-6-7-11(17-8-9)19-12(20)18-10-4-2-1-3-5-10/h6-8,10H,1-5H2,(H2,17,18,19,20). The predicted octanol–water partition coefficient (Wildman–Crippen LogP) is 3.55. The van der Waals surface area contributed by atoms with Gasteiger partial charge < -0.3 is 5.32 Å². The fraction of sp³-hybridized carbons (Fsp3) is 0.538. The van der Waals surface area contributed by atoms with E-state index in [0.29, 0.717) is 6.20 Å². The van der Waals surface area contributed by atoms with Crippen molar-refractivity contribution in [3.63, 3.8) is 0 Å². The van der Waals surface area contributed by atoms with Crippen LogP contribution in [0.5, 0.6) is 0 Å². The number of urea groups is 1. The Bertz CT molecular complexity index is 453. The number of pyridine rings is 1. The minimum Gasteiger partial charge on any atom is -0.335 e. The molecule has 1 heterocycles. The molecule has 1 aromatic rings. The number of aromatic nitrogens is 1. The van der Waals surface area contributed by atoms with Crippen LogP contribution in [0.2, 0.25) is 0 Å². The molecule has 7 heteroatoms. The van der Waals surface area contributed by atoms with Crippen molar-refractivity contribution in [2.45, 2.75) is 44.3 Å². The van der Waals surface area contributed by atoms with E-state index in [1.165, 1.54) is 6.42 Å². The molecule has 2 N–H and O–H groups in total. The Balaban J connectivity index is 1.87. The molecular weight excluding hydrogens is 271 g/mol. The third-order valence-corrected chi connectivity index (χ3v) is 3.27. The van der Waals surface area contributed by atoms with E-state index in [0.717, 1.165) is 37.8 Å². The molecular formula is C13H16F3N3O. The second-order valence-electron chi connectivity index (χ2n) is 4.86. The summed E-state index contributed by atoms with van der Waals surface area (Å²) in [5, 5.41) is 5.24. The van der Waals surface area contributed by atoms with Crippen molar-refractivity contribution in [1.82, 2.24) is 10.3 Å². The van der Waals surface area contributed by atoms with Crippen LogP contribution < -0.4 is 10.6 Å². The minimum atomic E-state index is -4.42. The molecule has 0 unspecified atom stereocenters. The van der Waals surface area contributed by atoms with E-state index < -0.39 is 17.8 Å². The Morgan fingerprint density at radius 1 is 1.20 bits per heavy atom. The van der Waals surface area contributed by atoms with E-state index in [9.17, 15) is 18.0 Å². The van der Waals surface area contributed by atoms with Crippen LogP contribution in [0.3, 0.4) is 0 Å². The van der Waals surface area contributed by atoms with E-state index in [-0.39, 0.29) is 11.9 Å². The van der Waals surface area contributed by atoms with Crippen LogP contribution in [0, 0.1) is 0 Å². The lowest BCUT2D eigenvalue weighted by Crippen LogP contribution is -2.39. The van der Waals surface area contributed by atoms with Gasteiger partial charge in [-0.05, 0) is 25.0 Å². The van der Waals surface area contributed by atoms with Gasteiger partial charge in [0.15, 0.2) is 0 Å². The summed E-state index contributed by atoms with van der Waals surface area (Å²) < 4.78 is 37.1. The van der Waals surface area contributed by atoms with Crippen LogP contribution in [0.25, 0.3) is 0 Å². The normalized spacial score (nSPS) is 16.8. The zero-order chi connectivity index (χ0) is 14.6. The smallest absolute Gasteiger partial charge is 0.335 e. The molecule has 1 aliphatic rings. The molecule has 110 valence electrons. The van der Waals surface area contributed by atoms with Gasteiger partial charge in [0.25, 0.3) is 0 Å². The average molecular weight is 287 g/mol. The number of anilines is 1. The lowest BCUT2D eigenvalue weighted by Gasteiger charge is -2.22. The maximum Gasteiger partial charge on any atom is 0.417 e. The second-order valence-corrected chi connectivity index (χ2v) is 4.86. The van der Waals surface area contributed by atoms with E-state index >= 15 is 0 Å². The van der Waals surface area contributed by atoms with Gasteiger partial charge in [0, 0.05) is 12.2 Å². The van der Waals surface area contributed by atoms with E-state index in [1.807, 2.05) is 0 Å². The molecule has 1 saturated carbocycles. The number of halogens is 3. The van der Waals surface area contributed by atoms with Gasteiger partial charge in [-0.2, -0.15) is 13.2 Å². The SMILES string of the molecule is O=C(Nc1ccc(C(F)(F)F)cn1)NC1CCCCC1. The summed E-state index contributed by atoms with van der Waals surface area (Å²) in [6.07, 6.45) is 1.51. The Labute approximate surface area is 114 Å². The molecule has 0 aliphatic heterocycles. The van der Waals surface area contributed by atoms with Gasteiger partial charge >= 0.3 is 12.2 Å². The molecule has 0 spiro atoms. The predicted molar refractivity (Wildman–Crippen MR) is 68.3 cm³/mol. The first-order valence-corrected chi connectivity index (χ1v) is 6.56. The number of nitrogens with one attached hydrogen (secondary N) is 2. The molecule has 1 fully saturated rings. The highest BCUT2D eigenvalue weighted by Gasteiger charge is 2.30. The van der Waals surface area contributed by atoms with Crippen LogP contribution in [0.1, 0.15) is 37.7 Å². The highest BCUT2D eigenvalue weighted by molar-refractivity contribution is 5.88. The van der Waals surface area contributed by atoms with Gasteiger partial charge in [-0.15, -0.1) is 0 Å². The number of amides is 2. The summed E-state index contributed by atoms with van der Waals surface area (Å²) in [7, 11) is 0.